The Morgan fingerprint density at radius 2 is 1.59 bits per heavy atom. The van der Waals surface area contributed by atoms with Crippen LogP contribution in [0.2, 0.25) is 0 Å². The Morgan fingerprint density at radius 1 is 0.852 bits per heavy atom. The van der Waals surface area contributed by atoms with Crippen molar-refractivity contribution in [2.75, 3.05) is 26.2 Å². The summed E-state index contributed by atoms with van der Waals surface area (Å²) < 4.78 is 14.8. The minimum atomic E-state index is -0.236. The van der Waals surface area contributed by atoms with Crippen molar-refractivity contribution < 1.29 is 4.39 Å². The lowest BCUT2D eigenvalue weighted by Crippen LogP contribution is -2.45. The Bertz CT molecular complexity index is 842. The topological polar surface area (TPSA) is 63.0 Å². The van der Waals surface area contributed by atoms with E-state index in [4.69, 9.17) is 0 Å². The molecule has 7 nitrogen and oxygen atoms in total. The molecule has 0 bridgehead atoms. The van der Waals surface area contributed by atoms with E-state index in [-0.39, 0.29) is 5.82 Å². The van der Waals surface area contributed by atoms with Crippen molar-refractivity contribution in [3.8, 4) is 0 Å². The molecular weight excluding hydrogens is 345 g/mol. The van der Waals surface area contributed by atoms with Crippen LogP contribution in [0.4, 0.5) is 4.39 Å². The first kappa shape index (κ1) is 17.7. The molecule has 4 rings (SSSR count). The second-order valence-corrected chi connectivity index (χ2v) is 6.79. The van der Waals surface area contributed by atoms with Crippen molar-refractivity contribution in [3.63, 3.8) is 0 Å². The molecule has 1 aliphatic heterocycles. The second kappa shape index (κ2) is 8.32. The lowest BCUT2D eigenvalue weighted by molar-refractivity contribution is 0.118. The number of tetrazole rings is 1. The van der Waals surface area contributed by atoms with Crippen LogP contribution in [-0.4, -0.2) is 61.2 Å². The Kier molecular flexibility index (Phi) is 5.45. The molecule has 0 saturated carbocycles. The Morgan fingerprint density at radius 3 is 2.30 bits per heavy atom. The van der Waals surface area contributed by atoms with Crippen molar-refractivity contribution in [1.29, 1.82) is 0 Å². The van der Waals surface area contributed by atoms with Gasteiger partial charge in [0.05, 0.1) is 13.1 Å². The van der Waals surface area contributed by atoms with Crippen LogP contribution in [0.25, 0.3) is 0 Å². The summed E-state index contributed by atoms with van der Waals surface area (Å²) in [6.07, 6.45) is 3.73. The molecule has 0 radical (unpaired) electrons. The molecule has 1 aliphatic rings. The van der Waals surface area contributed by atoms with Crippen LogP contribution in [0.5, 0.6) is 0 Å². The molecule has 1 fully saturated rings. The lowest BCUT2D eigenvalue weighted by atomic mass is 10.2. The van der Waals surface area contributed by atoms with E-state index in [1.54, 1.807) is 23.0 Å². The average molecular weight is 367 g/mol. The third-order valence-electron chi connectivity index (χ3n) is 4.81. The van der Waals surface area contributed by atoms with Gasteiger partial charge >= 0.3 is 0 Å². The van der Waals surface area contributed by atoms with Crippen molar-refractivity contribution in [1.82, 2.24) is 35.0 Å². The predicted molar refractivity (Wildman–Crippen MR) is 98.1 cm³/mol. The van der Waals surface area contributed by atoms with Gasteiger partial charge in [0, 0.05) is 45.1 Å². The van der Waals surface area contributed by atoms with Gasteiger partial charge in [-0.2, -0.15) is 0 Å². The van der Waals surface area contributed by atoms with Crippen LogP contribution in [0, 0.1) is 5.82 Å². The largest absolute Gasteiger partial charge is 0.296 e. The predicted octanol–water partition coefficient (Wildman–Crippen LogP) is 1.57. The van der Waals surface area contributed by atoms with Gasteiger partial charge in [0.15, 0.2) is 5.82 Å². The molecule has 2 aromatic heterocycles. The second-order valence-electron chi connectivity index (χ2n) is 6.79. The molecule has 140 valence electrons. The highest BCUT2D eigenvalue weighted by molar-refractivity contribution is 5.16. The SMILES string of the molecule is Fc1ccc(Cn2nnnc2CN2CCN(Cc3cccnc3)CC2)cc1. The van der Waals surface area contributed by atoms with Gasteiger partial charge in [0.25, 0.3) is 0 Å². The summed E-state index contributed by atoms with van der Waals surface area (Å²) in [5.41, 5.74) is 2.22. The van der Waals surface area contributed by atoms with Gasteiger partial charge in [-0.05, 0) is 39.8 Å². The molecule has 0 unspecified atom stereocenters. The normalized spacial score (nSPS) is 15.9. The van der Waals surface area contributed by atoms with E-state index in [9.17, 15) is 4.39 Å². The van der Waals surface area contributed by atoms with Gasteiger partial charge < -0.3 is 0 Å². The van der Waals surface area contributed by atoms with Crippen LogP contribution in [0.3, 0.4) is 0 Å². The number of rotatable bonds is 6. The van der Waals surface area contributed by atoms with Crippen LogP contribution >= 0.6 is 0 Å². The number of hydrogen-bond acceptors (Lipinski definition) is 6. The number of piperazine rings is 1. The molecule has 3 heterocycles. The van der Waals surface area contributed by atoms with Gasteiger partial charge in [0.2, 0.25) is 0 Å². The number of pyridine rings is 1. The lowest BCUT2D eigenvalue weighted by Gasteiger charge is -2.34. The van der Waals surface area contributed by atoms with E-state index in [0.717, 1.165) is 50.7 Å². The van der Waals surface area contributed by atoms with E-state index in [1.807, 2.05) is 12.3 Å². The molecular formula is C19H22FN7. The van der Waals surface area contributed by atoms with E-state index in [1.165, 1.54) is 17.7 Å². The maximum Gasteiger partial charge on any atom is 0.165 e. The van der Waals surface area contributed by atoms with E-state index < -0.39 is 0 Å². The van der Waals surface area contributed by atoms with Crippen LogP contribution < -0.4 is 0 Å². The number of halogens is 1. The van der Waals surface area contributed by atoms with Gasteiger partial charge in [-0.25, -0.2) is 9.07 Å². The highest BCUT2D eigenvalue weighted by Gasteiger charge is 2.19. The Balaban J connectivity index is 1.30. The molecule has 0 spiro atoms. The molecule has 1 saturated heterocycles. The van der Waals surface area contributed by atoms with Crippen LogP contribution in [-0.2, 0) is 19.6 Å². The average Bonchev–Trinajstić information content (AvgIpc) is 3.13. The van der Waals surface area contributed by atoms with Crippen molar-refractivity contribution >= 4 is 0 Å². The monoisotopic (exact) mass is 367 g/mol. The van der Waals surface area contributed by atoms with Crippen molar-refractivity contribution in [2.45, 2.75) is 19.6 Å². The fourth-order valence-corrected chi connectivity index (χ4v) is 3.28. The zero-order chi connectivity index (χ0) is 18.5. The molecule has 27 heavy (non-hydrogen) atoms. The minimum absolute atomic E-state index is 0.236. The zero-order valence-corrected chi connectivity index (χ0v) is 15.1. The highest BCUT2D eigenvalue weighted by Crippen LogP contribution is 2.11. The summed E-state index contributed by atoms with van der Waals surface area (Å²) in [7, 11) is 0. The number of benzene rings is 1. The molecule has 1 aromatic carbocycles. The highest BCUT2D eigenvalue weighted by atomic mass is 19.1. The molecule has 0 atom stereocenters. The fraction of sp³-hybridized carbons (Fsp3) is 0.368. The summed E-state index contributed by atoms with van der Waals surface area (Å²) in [5.74, 6) is 0.597. The van der Waals surface area contributed by atoms with Gasteiger partial charge in [-0.15, -0.1) is 5.10 Å². The zero-order valence-electron chi connectivity index (χ0n) is 15.1. The Labute approximate surface area is 157 Å². The summed E-state index contributed by atoms with van der Waals surface area (Å²) in [4.78, 5) is 8.99. The van der Waals surface area contributed by atoms with Crippen molar-refractivity contribution in [3.05, 3.63) is 71.6 Å². The van der Waals surface area contributed by atoms with E-state index in [0.29, 0.717) is 6.54 Å². The summed E-state index contributed by atoms with van der Waals surface area (Å²) in [5, 5.41) is 12.1. The standard InChI is InChI=1S/C19H22FN7/c20-18-5-3-16(4-6-18)14-27-19(22-23-24-27)15-26-10-8-25(9-11-26)13-17-2-1-7-21-12-17/h1-7,12H,8-11,13-15H2. The molecule has 8 heteroatoms. The molecule has 0 aliphatic carbocycles. The quantitative estimate of drug-likeness (QED) is 0.659. The maximum absolute atomic E-state index is 13.1. The summed E-state index contributed by atoms with van der Waals surface area (Å²) >= 11 is 0. The third-order valence-corrected chi connectivity index (χ3v) is 4.81. The number of hydrogen-bond donors (Lipinski definition) is 0. The van der Waals surface area contributed by atoms with Crippen molar-refractivity contribution in [2.24, 2.45) is 0 Å². The first-order chi connectivity index (χ1) is 13.3. The molecule has 0 amide bonds. The van der Waals surface area contributed by atoms with E-state index in [2.05, 4.69) is 36.4 Å². The first-order valence-corrected chi connectivity index (χ1v) is 9.09. The van der Waals surface area contributed by atoms with Gasteiger partial charge in [-0.1, -0.05) is 18.2 Å². The summed E-state index contributed by atoms with van der Waals surface area (Å²) in [6.45, 7) is 6.17. The van der Waals surface area contributed by atoms with Gasteiger partial charge in [0.1, 0.15) is 5.82 Å². The van der Waals surface area contributed by atoms with Crippen LogP contribution in [0.1, 0.15) is 17.0 Å². The first-order valence-electron chi connectivity index (χ1n) is 9.09. The van der Waals surface area contributed by atoms with Crippen LogP contribution in [0.15, 0.2) is 48.8 Å². The molecule has 3 aromatic rings. The summed E-state index contributed by atoms with van der Waals surface area (Å²) in [6, 6.07) is 10.5. The van der Waals surface area contributed by atoms with Gasteiger partial charge in [-0.3, -0.25) is 14.8 Å². The number of nitrogens with zero attached hydrogens (tertiary/aromatic N) is 7. The fourth-order valence-electron chi connectivity index (χ4n) is 3.28. The number of aromatic nitrogens is 5. The minimum Gasteiger partial charge on any atom is -0.296 e. The molecule has 0 N–H and O–H groups in total. The Hall–Kier alpha value is -2.71. The third kappa shape index (κ3) is 4.72. The van der Waals surface area contributed by atoms with E-state index >= 15 is 0 Å². The smallest absolute Gasteiger partial charge is 0.165 e. The maximum atomic E-state index is 13.1.